The number of nitrogens with one attached hydrogen (secondary N) is 1. The number of methoxy groups -OCH3 is 1. The van der Waals surface area contributed by atoms with Crippen LogP contribution >= 0.6 is 0 Å². The molecule has 1 rings (SSSR count). The Balaban J connectivity index is 2.36. The Morgan fingerprint density at radius 1 is 1.24 bits per heavy atom. The minimum absolute atomic E-state index is 0.360. The van der Waals surface area contributed by atoms with Gasteiger partial charge in [0, 0.05) is 17.9 Å². The van der Waals surface area contributed by atoms with Crippen molar-refractivity contribution in [3.8, 4) is 0 Å². The number of hydrogen-bond donors (Lipinski definition) is 2. The van der Waals surface area contributed by atoms with Gasteiger partial charge in [-0.3, -0.25) is 0 Å². The molecule has 0 atom stereocenters. The average molecular weight is 292 g/mol. The molecule has 3 N–H and O–H groups in total. The Morgan fingerprint density at radius 3 is 2.62 bits per heavy atom. The minimum atomic E-state index is -0.360. The number of nitrogens with two attached hydrogens (primary N) is 1. The normalized spacial score (nSPS) is 10.7. The van der Waals surface area contributed by atoms with E-state index in [0.717, 1.165) is 24.6 Å². The van der Waals surface area contributed by atoms with Crippen LogP contribution in [0.1, 0.15) is 56.3 Å². The maximum Gasteiger partial charge on any atom is 0.340 e. The third kappa shape index (κ3) is 6.52. The zero-order valence-electron chi connectivity index (χ0n) is 13.4. The molecule has 4 nitrogen and oxygen atoms in total. The molecule has 0 unspecified atom stereocenters. The molecule has 21 heavy (non-hydrogen) atoms. The SMILES string of the molecule is COC(=O)c1cc(N)ccc1NCCCCCCC(C)C. The van der Waals surface area contributed by atoms with Crippen LogP contribution in [-0.4, -0.2) is 19.6 Å². The molecule has 0 aliphatic heterocycles. The molecular weight excluding hydrogens is 264 g/mol. The Morgan fingerprint density at radius 2 is 1.95 bits per heavy atom. The second-order valence-corrected chi connectivity index (χ2v) is 5.82. The van der Waals surface area contributed by atoms with Crippen molar-refractivity contribution in [2.45, 2.75) is 46.0 Å². The molecule has 0 radical (unpaired) electrons. The lowest BCUT2D eigenvalue weighted by Crippen LogP contribution is -2.10. The van der Waals surface area contributed by atoms with E-state index in [2.05, 4.69) is 19.2 Å². The number of hydrogen-bond acceptors (Lipinski definition) is 4. The van der Waals surface area contributed by atoms with Crippen LogP contribution < -0.4 is 11.1 Å². The van der Waals surface area contributed by atoms with Gasteiger partial charge in [-0.05, 0) is 30.5 Å². The average Bonchev–Trinajstić information content (AvgIpc) is 2.46. The summed E-state index contributed by atoms with van der Waals surface area (Å²) < 4.78 is 4.78. The summed E-state index contributed by atoms with van der Waals surface area (Å²) in [6.45, 7) is 5.38. The molecule has 0 spiro atoms. The number of esters is 1. The van der Waals surface area contributed by atoms with Crippen molar-refractivity contribution in [2.75, 3.05) is 24.7 Å². The molecule has 0 bridgehead atoms. The Bertz CT molecular complexity index is 444. The number of unbranched alkanes of at least 4 members (excludes halogenated alkanes) is 3. The zero-order chi connectivity index (χ0) is 15.7. The number of anilines is 2. The summed E-state index contributed by atoms with van der Waals surface area (Å²) in [5.41, 5.74) is 7.57. The Labute approximate surface area is 128 Å². The Hall–Kier alpha value is -1.71. The first-order chi connectivity index (χ1) is 10.0. The van der Waals surface area contributed by atoms with Crippen LogP contribution in [0.4, 0.5) is 11.4 Å². The quantitative estimate of drug-likeness (QED) is 0.409. The topological polar surface area (TPSA) is 64.3 Å². The number of benzene rings is 1. The highest BCUT2D eigenvalue weighted by Crippen LogP contribution is 2.20. The summed E-state index contributed by atoms with van der Waals surface area (Å²) in [5, 5.41) is 3.30. The summed E-state index contributed by atoms with van der Waals surface area (Å²) in [6.07, 6.45) is 6.18. The van der Waals surface area contributed by atoms with Crippen LogP contribution in [0.25, 0.3) is 0 Å². The largest absolute Gasteiger partial charge is 0.465 e. The Kier molecular flexibility index (Phi) is 7.65. The third-order valence-corrected chi connectivity index (χ3v) is 3.47. The van der Waals surface area contributed by atoms with Crippen molar-refractivity contribution in [2.24, 2.45) is 5.92 Å². The maximum absolute atomic E-state index is 11.7. The number of carbonyl (C=O) groups is 1. The lowest BCUT2D eigenvalue weighted by molar-refractivity contribution is 0.0602. The van der Waals surface area contributed by atoms with Gasteiger partial charge in [-0.25, -0.2) is 4.79 Å². The van der Waals surface area contributed by atoms with E-state index in [1.54, 1.807) is 12.1 Å². The van der Waals surface area contributed by atoms with Crippen LogP contribution in [0, 0.1) is 5.92 Å². The summed E-state index contributed by atoms with van der Waals surface area (Å²) >= 11 is 0. The van der Waals surface area contributed by atoms with Crippen molar-refractivity contribution in [3.63, 3.8) is 0 Å². The van der Waals surface area contributed by atoms with Crippen molar-refractivity contribution in [3.05, 3.63) is 23.8 Å². The van der Waals surface area contributed by atoms with Gasteiger partial charge in [0.25, 0.3) is 0 Å². The summed E-state index contributed by atoms with van der Waals surface area (Å²) in [4.78, 5) is 11.7. The maximum atomic E-state index is 11.7. The van der Waals surface area contributed by atoms with E-state index in [-0.39, 0.29) is 5.97 Å². The van der Waals surface area contributed by atoms with Gasteiger partial charge in [0.05, 0.1) is 12.7 Å². The summed E-state index contributed by atoms with van der Waals surface area (Å²) in [6, 6.07) is 5.27. The lowest BCUT2D eigenvalue weighted by atomic mass is 10.0. The predicted octanol–water partition coefficient (Wildman–Crippen LogP) is 4.07. The fourth-order valence-electron chi connectivity index (χ4n) is 2.25. The van der Waals surface area contributed by atoms with Crippen molar-refractivity contribution < 1.29 is 9.53 Å². The fraction of sp³-hybridized carbons (Fsp3) is 0.588. The van der Waals surface area contributed by atoms with Crippen LogP contribution in [0.3, 0.4) is 0 Å². The van der Waals surface area contributed by atoms with E-state index in [0.29, 0.717) is 11.3 Å². The molecule has 0 aromatic heterocycles. The highest BCUT2D eigenvalue weighted by atomic mass is 16.5. The number of rotatable bonds is 9. The molecule has 0 saturated heterocycles. The highest BCUT2D eigenvalue weighted by Gasteiger charge is 2.11. The molecule has 0 aliphatic rings. The first-order valence-corrected chi connectivity index (χ1v) is 7.76. The van der Waals surface area contributed by atoms with Gasteiger partial charge in [-0.15, -0.1) is 0 Å². The predicted molar refractivity (Wildman–Crippen MR) is 88.6 cm³/mol. The van der Waals surface area contributed by atoms with Gasteiger partial charge < -0.3 is 15.8 Å². The fourth-order valence-corrected chi connectivity index (χ4v) is 2.25. The highest BCUT2D eigenvalue weighted by molar-refractivity contribution is 5.96. The standard InChI is InChI=1S/C17H28N2O2/c1-13(2)8-6-4-5-7-11-19-16-10-9-14(18)12-15(16)17(20)21-3/h9-10,12-13,19H,4-8,11,18H2,1-3H3. The number of nitrogen functional groups attached to an aromatic ring is 1. The third-order valence-electron chi connectivity index (χ3n) is 3.47. The molecule has 0 amide bonds. The van der Waals surface area contributed by atoms with Crippen molar-refractivity contribution in [1.29, 1.82) is 0 Å². The lowest BCUT2D eigenvalue weighted by Gasteiger charge is -2.11. The number of ether oxygens (including phenoxy) is 1. The van der Waals surface area contributed by atoms with Gasteiger partial charge in [0.1, 0.15) is 0 Å². The molecule has 1 aromatic carbocycles. The number of carbonyl (C=O) groups excluding carboxylic acids is 1. The van der Waals surface area contributed by atoms with E-state index in [9.17, 15) is 4.79 Å². The molecular formula is C17H28N2O2. The van der Waals surface area contributed by atoms with E-state index in [1.165, 1.54) is 32.8 Å². The first-order valence-electron chi connectivity index (χ1n) is 7.76. The molecule has 0 fully saturated rings. The second-order valence-electron chi connectivity index (χ2n) is 5.82. The summed E-state index contributed by atoms with van der Waals surface area (Å²) in [5.74, 6) is 0.433. The van der Waals surface area contributed by atoms with Crippen molar-refractivity contribution >= 4 is 17.3 Å². The molecule has 0 aliphatic carbocycles. The molecule has 0 heterocycles. The first kappa shape index (κ1) is 17.3. The molecule has 118 valence electrons. The molecule has 0 saturated carbocycles. The zero-order valence-corrected chi connectivity index (χ0v) is 13.4. The van der Waals surface area contributed by atoms with Crippen molar-refractivity contribution in [1.82, 2.24) is 0 Å². The van der Waals surface area contributed by atoms with E-state index < -0.39 is 0 Å². The van der Waals surface area contributed by atoms with E-state index in [1.807, 2.05) is 6.07 Å². The smallest absolute Gasteiger partial charge is 0.340 e. The van der Waals surface area contributed by atoms with Gasteiger partial charge in [0.2, 0.25) is 0 Å². The molecule has 4 heteroatoms. The monoisotopic (exact) mass is 292 g/mol. The van der Waals surface area contributed by atoms with Crippen LogP contribution in [0.15, 0.2) is 18.2 Å². The van der Waals surface area contributed by atoms with Crippen LogP contribution in [-0.2, 0) is 4.74 Å². The van der Waals surface area contributed by atoms with E-state index in [4.69, 9.17) is 10.5 Å². The van der Waals surface area contributed by atoms with Gasteiger partial charge in [0.15, 0.2) is 0 Å². The second kappa shape index (κ2) is 9.27. The van der Waals surface area contributed by atoms with Crippen LogP contribution in [0.5, 0.6) is 0 Å². The van der Waals surface area contributed by atoms with Gasteiger partial charge in [-0.1, -0.05) is 39.5 Å². The van der Waals surface area contributed by atoms with E-state index >= 15 is 0 Å². The van der Waals surface area contributed by atoms with Gasteiger partial charge >= 0.3 is 5.97 Å². The minimum Gasteiger partial charge on any atom is -0.465 e. The van der Waals surface area contributed by atoms with Gasteiger partial charge in [-0.2, -0.15) is 0 Å². The summed E-state index contributed by atoms with van der Waals surface area (Å²) in [7, 11) is 1.38. The van der Waals surface area contributed by atoms with Crippen LogP contribution in [0.2, 0.25) is 0 Å². The molecule has 1 aromatic rings.